The summed E-state index contributed by atoms with van der Waals surface area (Å²) in [6.45, 7) is 3.18. The Morgan fingerprint density at radius 3 is 2.44 bits per heavy atom. The van der Waals surface area contributed by atoms with Crippen LogP contribution >= 0.6 is 11.6 Å². The SMILES string of the molecule is O=C(NC1CCN(CC2CCCC2)CC1)c1cccc(S(=O)(=O)Nc2cccc(Cl)c2)c1. The molecule has 0 spiro atoms. The van der Waals surface area contributed by atoms with Crippen LogP contribution in [0.25, 0.3) is 0 Å². The summed E-state index contributed by atoms with van der Waals surface area (Å²) in [4.78, 5) is 15.4. The van der Waals surface area contributed by atoms with Crippen molar-refractivity contribution in [3.05, 3.63) is 59.1 Å². The first kappa shape index (κ1) is 23.1. The molecule has 1 saturated carbocycles. The molecular formula is C24H30ClN3O3S. The molecule has 0 atom stereocenters. The van der Waals surface area contributed by atoms with Crippen molar-refractivity contribution in [1.82, 2.24) is 10.2 Å². The summed E-state index contributed by atoms with van der Waals surface area (Å²) in [6.07, 6.45) is 7.27. The number of likely N-dealkylation sites (tertiary alicyclic amines) is 1. The molecule has 0 bridgehead atoms. The molecule has 1 aliphatic heterocycles. The van der Waals surface area contributed by atoms with Gasteiger partial charge in [0.1, 0.15) is 0 Å². The second kappa shape index (κ2) is 10.2. The van der Waals surface area contributed by atoms with E-state index in [1.54, 1.807) is 30.3 Å². The summed E-state index contributed by atoms with van der Waals surface area (Å²) < 4.78 is 28.0. The number of carbonyl (C=O) groups excluding carboxylic acids is 1. The first-order valence-corrected chi connectivity index (χ1v) is 13.2. The number of sulfonamides is 1. The highest BCUT2D eigenvalue weighted by Crippen LogP contribution is 2.26. The van der Waals surface area contributed by atoms with Gasteiger partial charge in [0.2, 0.25) is 0 Å². The van der Waals surface area contributed by atoms with Crippen LogP contribution in [0, 0.1) is 5.92 Å². The van der Waals surface area contributed by atoms with Crippen molar-refractivity contribution in [3.8, 4) is 0 Å². The Labute approximate surface area is 195 Å². The summed E-state index contributed by atoms with van der Waals surface area (Å²) >= 11 is 5.94. The van der Waals surface area contributed by atoms with E-state index in [-0.39, 0.29) is 16.8 Å². The zero-order valence-corrected chi connectivity index (χ0v) is 19.7. The van der Waals surface area contributed by atoms with E-state index in [0.717, 1.165) is 31.8 Å². The van der Waals surface area contributed by atoms with Gasteiger partial charge in [-0.3, -0.25) is 9.52 Å². The average Bonchev–Trinajstić information content (AvgIpc) is 3.28. The van der Waals surface area contributed by atoms with E-state index >= 15 is 0 Å². The molecule has 2 aromatic carbocycles. The third-order valence-corrected chi connectivity index (χ3v) is 8.01. The molecule has 1 aliphatic carbocycles. The molecule has 6 nitrogen and oxygen atoms in total. The molecule has 0 radical (unpaired) electrons. The number of benzene rings is 2. The van der Waals surface area contributed by atoms with Crippen LogP contribution in [0.4, 0.5) is 5.69 Å². The van der Waals surface area contributed by atoms with Crippen molar-refractivity contribution >= 4 is 33.2 Å². The normalized spacial score (nSPS) is 18.5. The molecule has 8 heteroatoms. The average molecular weight is 476 g/mol. The summed E-state index contributed by atoms with van der Waals surface area (Å²) in [5.74, 6) is 0.602. The predicted octanol–water partition coefficient (Wildman–Crippen LogP) is 4.53. The fourth-order valence-corrected chi connectivity index (χ4v) is 5.94. The van der Waals surface area contributed by atoms with Gasteiger partial charge in [-0.2, -0.15) is 0 Å². The third-order valence-electron chi connectivity index (χ3n) is 6.40. The van der Waals surface area contributed by atoms with Gasteiger partial charge in [0.15, 0.2) is 0 Å². The first-order valence-electron chi connectivity index (χ1n) is 11.3. The third kappa shape index (κ3) is 6.03. The van der Waals surface area contributed by atoms with Crippen LogP contribution in [-0.2, 0) is 10.0 Å². The van der Waals surface area contributed by atoms with Crippen molar-refractivity contribution in [1.29, 1.82) is 0 Å². The lowest BCUT2D eigenvalue weighted by atomic mass is 10.0. The lowest BCUT2D eigenvalue weighted by Gasteiger charge is -2.33. The zero-order valence-electron chi connectivity index (χ0n) is 18.1. The molecule has 4 rings (SSSR count). The Morgan fingerprint density at radius 2 is 1.72 bits per heavy atom. The van der Waals surface area contributed by atoms with Crippen LogP contribution in [-0.4, -0.2) is 44.9 Å². The molecule has 2 fully saturated rings. The van der Waals surface area contributed by atoms with Crippen molar-refractivity contribution < 1.29 is 13.2 Å². The smallest absolute Gasteiger partial charge is 0.261 e. The molecule has 1 heterocycles. The summed E-state index contributed by atoms with van der Waals surface area (Å²) in [7, 11) is -3.83. The van der Waals surface area contributed by atoms with Gasteiger partial charge in [-0.15, -0.1) is 0 Å². The lowest BCUT2D eigenvalue weighted by molar-refractivity contribution is 0.0905. The summed E-state index contributed by atoms with van der Waals surface area (Å²) in [5.41, 5.74) is 0.712. The van der Waals surface area contributed by atoms with Crippen molar-refractivity contribution in [2.45, 2.75) is 49.5 Å². The van der Waals surface area contributed by atoms with Crippen LogP contribution in [0.15, 0.2) is 53.4 Å². The van der Waals surface area contributed by atoms with Crippen LogP contribution in [0.5, 0.6) is 0 Å². The van der Waals surface area contributed by atoms with Crippen LogP contribution in [0.3, 0.4) is 0 Å². The van der Waals surface area contributed by atoms with Crippen molar-refractivity contribution in [3.63, 3.8) is 0 Å². The molecule has 2 N–H and O–H groups in total. The maximum atomic E-state index is 12.8. The number of rotatable bonds is 7. The fraction of sp³-hybridized carbons (Fsp3) is 0.458. The molecule has 1 amide bonds. The number of nitrogens with zero attached hydrogens (tertiary/aromatic N) is 1. The van der Waals surface area contributed by atoms with Gasteiger partial charge in [-0.05, 0) is 68.0 Å². The van der Waals surface area contributed by atoms with Crippen LogP contribution in [0.1, 0.15) is 48.9 Å². The van der Waals surface area contributed by atoms with Gasteiger partial charge in [-0.1, -0.05) is 36.6 Å². The number of amides is 1. The van der Waals surface area contributed by atoms with E-state index in [9.17, 15) is 13.2 Å². The van der Waals surface area contributed by atoms with Gasteiger partial charge in [0.05, 0.1) is 10.6 Å². The Bertz CT molecular complexity index is 1050. The van der Waals surface area contributed by atoms with Crippen molar-refractivity contribution in [2.75, 3.05) is 24.4 Å². The molecule has 2 aromatic rings. The maximum absolute atomic E-state index is 12.8. The molecule has 0 unspecified atom stereocenters. The topological polar surface area (TPSA) is 78.5 Å². The quantitative estimate of drug-likeness (QED) is 0.616. The highest BCUT2D eigenvalue weighted by atomic mass is 35.5. The van der Waals surface area contributed by atoms with Gasteiger partial charge >= 0.3 is 0 Å². The maximum Gasteiger partial charge on any atom is 0.261 e. The number of piperidine rings is 1. The van der Waals surface area contributed by atoms with Gasteiger partial charge < -0.3 is 10.2 Å². The van der Waals surface area contributed by atoms with Gasteiger partial charge in [0, 0.05) is 36.3 Å². The standard InChI is InChI=1S/C24H30ClN3O3S/c25-20-8-4-9-22(16-20)27-32(30,31)23-10-3-7-19(15-23)24(29)26-21-11-13-28(14-12-21)17-18-5-1-2-6-18/h3-4,7-10,15-16,18,21,27H,1-2,5-6,11-14,17H2,(H,26,29). The van der Waals surface area contributed by atoms with Gasteiger partial charge in [0.25, 0.3) is 15.9 Å². The van der Waals surface area contributed by atoms with E-state index in [4.69, 9.17) is 11.6 Å². The monoisotopic (exact) mass is 475 g/mol. The number of hydrogen-bond acceptors (Lipinski definition) is 4. The minimum absolute atomic E-state index is 0.0384. The van der Waals surface area contributed by atoms with Crippen LogP contribution < -0.4 is 10.0 Å². The Kier molecular flexibility index (Phi) is 7.38. The van der Waals surface area contributed by atoms with E-state index < -0.39 is 10.0 Å². The molecule has 0 aromatic heterocycles. The number of carbonyl (C=O) groups is 1. The number of hydrogen-bond donors (Lipinski definition) is 2. The fourth-order valence-electron chi connectivity index (χ4n) is 4.66. The van der Waals surface area contributed by atoms with Crippen LogP contribution in [0.2, 0.25) is 5.02 Å². The highest BCUT2D eigenvalue weighted by Gasteiger charge is 2.25. The Balaban J connectivity index is 1.34. The molecule has 32 heavy (non-hydrogen) atoms. The Morgan fingerprint density at radius 1 is 1.00 bits per heavy atom. The molecule has 1 saturated heterocycles. The largest absolute Gasteiger partial charge is 0.349 e. The van der Waals surface area contributed by atoms with E-state index in [1.807, 2.05) is 0 Å². The minimum atomic E-state index is -3.83. The zero-order chi connectivity index (χ0) is 22.6. The second-order valence-corrected chi connectivity index (χ2v) is 11.0. The minimum Gasteiger partial charge on any atom is -0.349 e. The number of nitrogens with one attached hydrogen (secondary N) is 2. The second-order valence-electron chi connectivity index (χ2n) is 8.84. The highest BCUT2D eigenvalue weighted by molar-refractivity contribution is 7.92. The summed E-state index contributed by atoms with van der Waals surface area (Å²) in [6, 6.07) is 12.7. The van der Waals surface area contributed by atoms with E-state index in [0.29, 0.717) is 16.3 Å². The van der Waals surface area contributed by atoms with E-state index in [2.05, 4.69) is 14.9 Å². The van der Waals surface area contributed by atoms with E-state index in [1.165, 1.54) is 50.4 Å². The Hall–Kier alpha value is -2.09. The molecule has 172 valence electrons. The first-order chi connectivity index (χ1) is 15.4. The van der Waals surface area contributed by atoms with Crippen molar-refractivity contribution in [2.24, 2.45) is 5.92 Å². The lowest BCUT2D eigenvalue weighted by Crippen LogP contribution is -2.45. The number of halogens is 1. The summed E-state index contributed by atoms with van der Waals surface area (Å²) in [5, 5.41) is 3.52. The molecular weight excluding hydrogens is 446 g/mol. The number of anilines is 1. The molecule has 2 aliphatic rings. The predicted molar refractivity (Wildman–Crippen MR) is 128 cm³/mol. The van der Waals surface area contributed by atoms with Gasteiger partial charge in [-0.25, -0.2) is 8.42 Å².